The van der Waals surface area contributed by atoms with E-state index in [0.29, 0.717) is 5.15 Å². The van der Waals surface area contributed by atoms with Crippen LogP contribution in [0, 0.1) is 0 Å². The van der Waals surface area contributed by atoms with Crippen molar-refractivity contribution in [1.29, 1.82) is 0 Å². The van der Waals surface area contributed by atoms with E-state index in [0.717, 1.165) is 11.3 Å². The second-order valence-corrected chi connectivity index (χ2v) is 2.97. The molecule has 0 spiro atoms. The van der Waals surface area contributed by atoms with Gasteiger partial charge in [-0.05, 0) is 24.3 Å². The van der Waals surface area contributed by atoms with Gasteiger partial charge in [0.25, 0.3) is 0 Å². The maximum atomic E-state index is 5.77. The molecule has 0 saturated carbocycles. The van der Waals surface area contributed by atoms with E-state index >= 15 is 0 Å². The van der Waals surface area contributed by atoms with Crippen molar-refractivity contribution in [2.75, 3.05) is 0 Å². The lowest BCUT2D eigenvalue weighted by molar-refractivity contribution is 1.29. The number of aromatic nitrogens is 2. The van der Waals surface area contributed by atoms with Gasteiger partial charge in [0, 0.05) is 18.0 Å². The van der Waals surface area contributed by atoms with E-state index in [9.17, 15) is 0 Å². The highest BCUT2D eigenvalue weighted by Crippen LogP contribution is 2.17. The van der Waals surface area contributed by atoms with Gasteiger partial charge in [0.15, 0.2) is 0 Å². The number of nitrogens with zero attached hydrogens (tertiary/aromatic N) is 2. The third-order valence-corrected chi connectivity index (χ3v) is 1.90. The maximum absolute atomic E-state index is 5.77. The van der Waals surface area contributed by atoms with Gasteiger partial charge < -0.3 is 0 Å². The minimum Gasteiger partial charge on any atom is -0.265 e. The largest absolute Gasteiger partial charge is 0.265 e. The summed E-state index contributed by atoms with van der Waals surface area (Å²) in [6.45, 7) is 0. The van der Waals surface area contributed by atoms with Gasteiger partial charge in [0.2, 0.25) is 0 Å². The summed E-state index contributed by atoms with van der Waals surface area (Å²) >= 11 is 5.77. The Labute approximate surface area is 81.2 Å². The van der Waals surface area contributed by atoms with E-state index in [1.165, 1.54) is 0 Å². The van der Waals surface area contributed by atoms with Crippen LogP contribution in [0.15, 0.2) is 42.7 Å². The zero-order valence-electron chi connectivity index (χ0n) is 6.81. The van der Waals surface area contributed by atoms with Crippen molar-refractivity contribution in [2.45, 2.75) is 0 Å². The molecule has 0 fully saturated rings. The van der Waals surface area contributed by atoms with Crippen molar-refractivity contribution in [3.63, 3.8) is 0 Å². The highest BCUT2D eigenvalue weighted by molar-refractivity contribution is 6.29. The van der Waals surface area contributed by atoms with E-state index < -0.39 is 0 Å². The summed E-state index contributed by atoms with van der Waals surface area (Å²) in [5, 5.41) is 0.509. The molecule has 0 aromatic carbocycles. The number of hydrogen-bond donors (Lipinski definition) is 0. The molecule has 2 rings (SSSR count). The van der Waals surface area contributed by atoms with Gasteiger partial charge in [-0.2, -0.15) is 0 Å². The lowest BCUT2D eigenvalue weighted by Crippen LogP contribution is -1.83. The molecule has 3 heteroatoms. The molecule has 0 aliphatic rings. The Morgan fingerprint density at radius 3 is 2.46 bits per heavy atom. The number of hydrogen-bond acceptors (Lipinski definition) is 2. The molecular formula is C10H7ClN2. The van der Waals surface area contributed by atoms with Crippen molar-refractivity contribution in [3.8, 4) is 11.3 Å². The smallest absolute Gasteiger partial charge is 0.129 e. The van der Waals surface area contributed by atoms with Gasteiger partial charge in [-0.1, -0.05) is 17.7 Å². The van der Waals surface area contributed by atoms with Crippen molar-refractivity contribution in [1.82, 2.24) is 9.97 Å². The Kier molecular flexibility index (Phi) is 2.23. The number of halogens is 1. The topological polar surface area (TPSA) is 25.8 Å². The van der Waals surface area contributed by atoms with E-state index in [1.807, 2.05) is 24.3 Å². The average Bonchev–Trinajstić information content (AvgIpc) is 2.19. The highest BCUT2D eigenvalue weighted by atomic mass is 35.5. The fourth-order valence-electron chi connectivity index (χ4n) is 1.09. The highest BCUT2D eigenvalue weighted by Gasteiger charge is 1.97. The van der Waals surface area contributed by atoms with Crippen LogP contribution in [0.1, 0.15) is 0 Å². The molecule has 0 radical (unpaired) electrons. The zero-order valence-corrected chi connectivity index (χ0v) is 7.57. The van der Waals surface area contributed by atoms with E-state index in [-0.39, 0.29) is 0 Å². The van der Waals surface area contributed by atoms with Gasteiger partial charge in [-0.15, -0.1) is 0 Å². The molecule has 0 N–H and O–H groups in total. The van der Waals surface area contributed by atoms with Crippen molar-refractivity contribution in [3.05, 3.63) is 47.9 Å². The molecule has 64 valence electrons. The molecule has 2 nitrogen and oxygen atoms in total. The fraction of sp³-hybridized carbons (Fsp3) is 0. The zero-order chi connectivity index (χ0) is 9.10. The molecule has 0 amide bonds. The van der Waals surface area contributed by atoms with Gasteiger partial charge in [0.05, 0.1) is 5.69 Å². The SMILES string of the molecule is Clc1cccc(-c2ccncc2)n1. The molecule has 0 atom stereocenters. The molecule has 2 heterocycles. The number of rotatable bonds is 1. The van der Waals surface area contributed by atoms with Gasteiger partial charge in [0.1, 0.15) is 5.15 Å². The monoisotopic (exact) mass is 190 g/mol. The lowest BCUT2D eigenvalue weighted by atomic mass is 10.2. The summed E-state index contributed by atoms with van der Waals surface area (Å²) in [7, 11) is 0. The standard InChI is InChI=1S/C10H7ClN2/c11-10-3-1-2-9(13-10)8-4-6-12-7-5-8/h1-7H. The molecule has 0 unspecified atom stereocenters. The lowest BCUT2D eigenvalue weighted by Gasteiger charge is -1.99. The third-order valence-electron chi connectivity index (χ3n) is 1.69. The molecule has 13 heavy (non-hydrogen) atoms. The Bertz CT molecular complexity index is 401. The van der Waals surface area contributed by atoms with E-state index in [4.69, 9.17) is 11.6 Å². The van der Waals surface area contributed by atoms with Crippen LogP contribution in [0.4, 0.5) is 0 Å². The summed E-state index contributed by atoms with van der Waals surface area (Å²) in [6.07, 6.45) is 3.47. The first-order valence-electron chi connectivity index (χ1n) is 3.89. The predicted octanol–water partition coefficient (Wildman–Crippen LogP) is 2.80. The second kappa shape index (κ2) is 3.54. The minimum absolute atomic E-state index is 0.509. The molecule has 0 aliphatic heterocycles. The normalized spacial score (nSPS) is 9.92. The maximum Gasteiger partial charge on any atom is 0.129 e. The summed E-state index contributed by atoms with van der Waals surface area (Å²) in [5.74, 6) is 0. The van der Waals surface area contributed by atoms with Crippen LogP contribution < -0.4 is 0 Å². The Hall–Kier alpha value is -1.41. The van der Waals surface area contributed by atoms with Crippen LogP contribution in [-0.2, 0) is 0 Å². The molecule has 0 saturated heterocycles. The number of pyridine rings is 2. The predicted molar refractivity (Wildman–Crippen MR) is 52.5 cm³/mol. The molecule has 0 bridgehead atoms. The van der Waals surface area contributed by atoms with E-state index in [1.54, 1.807) is 18.5 Å². The quantitative estimate of drug-likeness (QED) is 0.647. The van der Waals surface area contributed by atoms with Gasteiger partial charge in [-0.3, -0.25) is 4.98 Å². The molecule has 0 aliphatic carbocycles. The fourth-order valence-corrected chi connectivity index (χ4v) is 1.26. The van der Waals surface area contributed by atoms with Crippen molar-refractivity contribution >= 4 is 11.6 Å². The van der Waals surface area contributed by atoms with E-state index in [2.05, 4.69) is 9.97 Å². The first-order valence-corrected chi connectivity index (χ1v) is 4.27. The van der Waals surface area contributed by atoms with Crippen LogP contribution in [-0.4, -0.2) is 9.97 Å². The minimum atomic E-state index is 0.509. The van der Waals surface area contributed by atoms with Crippen molar-refractivity contribution < 1.29 is 0 Å². The van der Waals surface area contributed by atoms with Crippen LogP contribution in [0.3, 0.4) is 0 Å². The summed E-state index contributed by atoms with van der Waals surface area (Å²) < 4.78 is 0. The Balaban J connectivity index is 2.48. The summed E-state index contributed by atoms with van der Waals surface area (Å²) in [5.41, 5.74) is 1.90. The summed E-state index contributed by atoms with van der Waals surface area (Å²) in [4.78, 5) is 8.11. The first kappa shape index (κ1) is 8.20. The first-order chi connectivity index (χ1) is 6.36. The molecular weight excluding hydrogens is 184 g/mol. The molecule has 2 aromatic heterocycles. The third kappa shape index (κ3) is 1.84. The van der Waals surface area contributed by atoms with Crippen LogP contribution in [0.2, 0.25) is 5.15 Å². The Morgan fingerprint density at radius 1 is 1.00 bits per heavy atom. The summed E-state index contributed by atoms with van der Waals surface area (Å²) in [6, 6.07) is 9.36. The van der Waals surface area contributed by atoms with Crippen LogP contribution in [0.25, 0.3) is 11.3 Å². The van der Waals surface area contributed by atoms with Gasteiger partial charge >= 0.3 is 0 Å². The van der Waals surface area contributed by atoms with Crippen LogP contribution >= 0.6 is 11.6 Å². The second-order valence-electron chi connectivity index (χ2n) is 2.58. The van der Waals surface area contributed by atoms with Crippen LogP contribution in [0.5, 0.6) is 0 Å². The molecule has 2 aromatic rings. The van der Waals surface area contributed by atoms with Gasteiger partial charge in [-0.25, -0.2) is 4.98 Å². The Morgan fingerprint density at radius 2 is 1.77 bits per heavy atom. The van der Waals surface area contributed by atoms with Crippen molar-refractivity contribution in [2.24, 2.45) is 0 Å². The average molecular weight is 191 g/mol.